The first-order valence-electron chi connectivity index (χ1n) is 9.06. The third kappa shape index (κ3) is 3.35. The largest absolute Gasteiger partial charge is 0.339 e. The predicted molar refractivity (Wildman–Crippen MR) is 111 cm³/mol. The fraction of sp³-hybridized carbons (Fsp3) is 0.316. The molecule has 10 heteroatoms. The zero-order chi connectivity index (χ0) is 20.7. The topological polar surface area (TPSA) is 95.0 Å². The molecule has 1 aromatic carbocycles. The van der Waals surface area contributed by atoms with Crippen molar-refractivity contribution in [2.75, 3.05) is 7.05 Å². The van der Waals surface area contributed by atoms with E-state index in [1.54, 1.807) is 34.9 Å². The zero-order valence-electron chi connectivity index (χ0n) is 16.3. The first kappa shape index (κ1) is 19.1. The number of imidazole rings is 1. The predicted octanol–water partition coefficient (Wildman–Crippen LogP) is 1.09. The van der Waals surface area contributed by atoms with Gasteiger partial charge in [-0.2, -0.15) is 0 Å². The van der Waals surface area contributed by atoms with E-state index >= 15 is 0 Å². The standard InChI is InChI=1S/C19H20N6O3S/c1-22(10-14-21-12-6-4-5-7-13(12)29-14)15(26)8-9-25-11-20-17-16(25)18(27)24(3)19(28)23(17)2/h4-7,11H,8-10H2,1-3H3. The Bertz CT molecular complexity index is 1310. The number of amides is 1. The van der Waals surface area contributed by atoms with Crippen molar-refractivity contribution in [1.29, 1.82) is 0 Å². The minimum Gasteiger partial charge on any atom is -0.339 e. The molecule has 0 saturated carbocycles. The van der Waals surface area contributed by atoms with Gasteiger partial charge < -0.3 is 9.47 Å². The number of para-hydroxylation sites is 1. The zero-order valence-corrected chi connectivity index (χ0v) is 17.1. The molecule has 0 bridgehead atoms. The van der Waals surface area contributed by atoms with E-state index in [0.717, 1.165) is 19.8 Å². The Morgan fingerprint density at radius 2 is 1.93 bits per heavy atom. The Morgan fingerprint density at radius 1 is 1.17 bits per heavy atom. The summed E-state index contributed by atoms with van der Waals surface area (Å²) < 4.78 is 5.09. The van der Waals surface area contributed by atoms with E-state index in [9.17, 15) is 14.4 Å². The van der Waals surface area contributed by atoms with Gasteiger partial charge in [0.25, 0.3) is 5.56 Å². The maximum atomic E-state index is 12.6. The van der Waals surface area contributed by atoms with Gasteiger partial charge in [-0.3, -0.25) is 18.7 Å². The highest BCUT2D eigenvalue weighted by molar-refractivity contribution is 7.18. The first-order valence-corrected chi connectivity index (χ1v) is 9.87. The van der Waals surface area contributed by atoms with Gasteiger partial charge in [0.05, 0.1) is 23.1 Å². The molecule has 0 aliphatic heterocycles. The molecule has 29 heavy (non-hydrogen) atoms. The quantitative estimate of drug-likeness (QED) is 0.489. The van der Waals surface area contributed by atoms with Gasteiger partial charge in [-0.05, 0) is 12.1 Å². The van der Waals surface area contributed by atoms with Crippen LogP contribution in [0.5, 0.6) is 0 Å². The van der Waals surface area contributed by atoms with Crippen molar-refractivity contribution in [3.8, 4) is 0 Å². The van der Waals surface area contributed by atoms with Crippen LogP contribution in [0.1, 0.15) is 11.4 Å². The molecule has 0 fully saturated rings. The molecule has 0 saturated heterocycles. The van der Waals surface area contributed by atoms with Gasteiger partial charge in [0.1, 0.15) is 5.01 Å². The Balaban J connectivity index is 1.49. The maximum absolute atomic E-state index is 12.6. The summed E-state index contributed by atoms with van der Waals surface area (Å²) in [7, 11) is 4.74. The summed E-state index contributed by atoms with van der Waals surface area (Å²) in [5.41, 5.74) is 0.708. The average molecular weight is 412 g/mol. The molecule has 4 rings (SSSR count). The molecule has 0 radical (unpaired) electrons. The third-order valence-electron chi connectivity index (χ3n) is 4.92. The summed E-state index contributed by atoms with van der Waals surface area (Å²) >= 11 is 1.57. The maximum Gasteiger partial charge on any atom is 0.332 e. The molecule has 3 aromatic heterocycles. The second-order valence-electron chi connectivity index (χ2n) is 6.89. The van der Waals surface area contributed by atoms with Gasteiger partial charge in [0.15, 0.2) is 11.2 Å². The number of hydrogen-bond acceptors (Lipinski definition) is 6. The number of nitrogens with zero attached hydrogens (tertiary/aromatic N) is 6. The van der Waals surface area contributed by atoms with Crippen molar-refractivity contribution in [3.05, 3.63) is 56.4 Å². The molecule has 0 aliphatic rings. The highest BCUT2D eigenvalue weighted by Crippen LogP contribution is 2.22. The highest BCUT2D eigenvalue weighted by atomic mass is 32.1. The molecule has 1 amide bonds. The monoisotopic (exact) mass is 412 g/mol. The number of fused-ring (bicyclic) bond motifs is 2. The minimum atomic E-state index is -0.431. The molecular formula is C19H20N6O3S. The fourth-order valence-corrected chi connectivity index (χ4v) is 4.27. The van der Waals surface area contributed by atoms with E-state index in [1.165, 1.54) is 17.9 Å². The van der Waals surface area contributed by atoms with Crippen LogP contribution in [0, 0.1) is 0 Å². The average Bonchev–Trinajstić information content (AvgIpc) is 3.32. The fourth-order valence-electron chi connectivity index (χ4n) is 3.25. The number of carbonyl (C=O) groups excluding carboxylic acids is 1. The van der Waals surface area contributed by atoms with Crippen molar-refractivity contribution < 1.29 is 4.79 Å². The molecule has 4 aromatic rings. The molecule has 0 aliphatic carbocycles. The summed E-state index contributed by atoms with van der Waals surface area (Å²) in [4.78, 5) is 47.5. The Morgan fingerprint density at radius 3 is 2.69 bits per heavy atom. The molecule has 0 spiro atoms. The van der Waals surface area contributed by atoms with E-state index in [-0.39, 0.29) is 12.3 Å². The Labute approximate surface area is 169 Å². The van der Waals surface area contributed by atoms with Crippen LogP contribution >= 0.6 is 11.3 Å². The van der Waals surface area contributed by atoms with Crippen molar-refractivity contribution in [2.24, 2.45) is 14.1 Å². The van der Waals surface area contributed by atoms with Gasteiger partial charge in [-0.25, -0.2) is 14.8 Å². The number of benzene rings is 1. The molecule has 9 nitrogen and oxygen atoms in total. The summed E-state index contributed by atoms with van der Waals surface area (Å²) in [6, 6.07) is 7.87. The number of aromatic nitrogens is 5. The van der Waals surface area contributed by atoms with Gasteiger partial charge in [-0.1, -0.05) is 12.1 Å². The van der Waals surface area contributed by atoms with Gasteiger partial charge in [0, 0.05) is 34.1 Å². The van der Waals surface area contributed by atoms with E-state index in [2.05, 4.69) is 9.97 Å². The van der Waals surface area contributed by atoms with Crippen LogP contribution in [0.3, 0.4) is 0 Å². The molecule has 0 unspecified atom stereocenters. The van der Waals surface area contributed by atoms with Crippen molar-refractivity contribution in [2.45, 2.75) is 19.5 Å². The molecule has 0 atom stereocenters. The van der Waals surface area contributed by atoms with E-state index in [0.29, 0.717) is 24.3 Å². The summed E-state index contributed by atoms with van der Waals surface area (Å²) in [5.74, 6) is -0.0623. The highest BCUT2D eigenvalue weighted by Gasteiger charge is 2.16. The lowest BCUT2D eigenvalue weighted by atomic mass is 10.3. The number of rotatable bonds is 5. The van der Waals surface area contributed by atoms with Crippen molar-refractivity contribution >= 4 is 38.6 Å². The number of hydrogen-bond donors (Lipinski definition) is 0. The summed E-state index contributed by atoms with van der Waals surface area (Å²) in [6.45, 7) is 0.728. The van der Waals surface area contributed by atoms with Crippen LogP contribution in [-0.4, -0.2) is 41.5 Å². The number of carbonyl (C=O) groups is 1. The van der Waals surface area contributed by atoms with Crippen LogP contribution in [0.25, 0.3) is 21.4 Å². The smallest absolute Gasteiger partial charge is 0.332 e. The van der Waals surface area contributed by atoms with E-state index in [1.807, 2.05) is 24.3 Å². The van der Waals surface area contributed by atoms with Gasteiger partial charge >= 0.3 is 5.69 Å². The molecular weight excluding hydrogens is 392 g/mol. The number of aryl methyl sites for hydroxylation is 2. The Hall–Kier alpha value is -3.27. The molecule has 150 valence electrons. The summed E-state index contributed by atoms with van der Waals surface area (Å²) in [6.07, 6.45) is 1.70. The van der Waals surface area contributed by atoms with Crippen molar-refractivity contribution in [1.82, 2.24) is 28.6 Å². The lowest BCUT2D eigenvalue weighted by Gasteiger charge is -2.16. The lowest BCUT2D eigenvalue weighted by molar-refractivity contribution is -0.130. The van der Waals surface area contributed by atoms with Crippen LogP contribution in [0.4, 0.5) is 0 Å². The van der Waals surface area contributed by atoms with E-state index in [4.69, 9.17) is 0 Å². The molecule has 3 heterocycles. The Kier molecular flexibility index (Phi) is 4.79. The number of thiazole rings is 1. The van der Waals surface area contributed by atoms with Gasteiger partial charge in [-0.15, -0.1) is 11.3 Å². The van der Waals surface area contributed by atoms with Crippen LogP contribution in [0.2, 0.25) is 0 Å². The van der Waals surface area contributed by atoms with E-state index < -0.39 is 11.2 Å². The van der Waals surface area contributed by atoms with Crippen LogP contribution in [0.15, 0.2) is 40.2 Å². The van der Waals surface area contributed by atoms with Crippen LogP contribution in [-0.2, 0) is 32.0 Å². The van der Waals surface area contributed by atoms with Crippen LogP contribution < -0.4 is 11.2 Å². The lowest BCUT2D eigenvalue weighted by Crippen LogP contribution is -2.37. The minimum absolute atomic E-state index is 0.0623. The first-order chi connectivity index (χ1) is 13.9. The SMILES string of the molecule is CN(Cc1nc2ccccc2s1)C(=O)CCn1cnc2c1c(=O)n(C)c(=O)n2C. The second kappa shape index (κ2) is 7.28. The molecule has 0 N–H and O–H groups in total. The van der Waals surface area contributed by atoms with Crippen molar-refractivity contribution in [3.63, 3.8) is 0 Å². The second-order valence-corrected chi connectivity index (χ2v) is 8.01. The third-order valence-corrected chi connectivity index (χ3v) is 5.94. The normalized spacial score (nSPS) is 11.4. The van der Waals surface area contributed by atoms with Gasteiger partial charge in [0.2, 0.25) is 5.91 Å². The summed E-state index contributed by atoms with van der Waals surface area (Å²) in [5, 5.41) is 0.874.